The van der Waals surface area contributed by atoms with Crippen LogP contribution in [0.5, 0.6) is 5.75 Å². The molecule has 1 amide bonds. The summed E-state index contributed by atoms with van der Waals surface area (Å²) in [6.07, 6.45) is 6.97. The minimum absolute atomic E-state index is 0.0599. The van der Waals surface area contributed by atoms with Crippen molar-refractivity contribution in [2.24, 2.45) is 0 Å². The monoisotopic (exact) mass is 461 g/mol. The maximum absolute atomic E-state index is 13.1. The molecule has 2 aromatic rings. The third kappa shape index (κ3) is 5.37. The van der Waals surface area contributed by atoms with Crippen molar-refractivity contribution in [3.05, 3.63) is 66.2 Å². The average Bonchev–Trinajstić information content (AvgIpc) is 2.92. The van der Waals surface area contributed by atoms with E-state index in [0.29, 0.717) is 30.7 Å². The minimum Gasteiger partial charge on any atom is -0.508 e. The van der Waals surface area contributed by atoms with Gasteiger partial charge in [-0.1, -0.05) is 30.7 Å². The lowest BCUT2D eigenvalue weighted by Crippen LogP contribution is -2.47. The highest BCUT2D eigenvalue weighted by Crippen LogP contribution is 2.34. The maximum Gasteiger partial charge on any atom is 0.253 e. The van der Waals surface area contributed by atoms with Crippen molar-refractivity contribution in [1.29, 1.82) is 0 Å². The van der Waals surface area contributed by atoms with Crippen molar-refractivity contribution >= 4 is 5.91 Å². The molecule has 2 unspecified atom stereocenters. The highest BCUT2D eigenvalue weighted by atomic mass is 16.3. The first-order chi connectivity index (χ1) is 16.5. The van der Waals surface area contributed by atoms with Crippen molar-refractivity contribution in [2.45, 2.75) is 58.2 Å². The van der Waals surface area contributed by atoms with Gasteiger partial charge in [0.25, 0.3) is 5.91 Å². The van der Waals surface area contributed by atoms with Gasteiger partial charge >= 0.3 is 0 Å². The average molecular weight is 462 g/mol. The predicted molar refractivity (Wildman–Crippen MR) is 139 cm³/mol. The molecule has 2 atom stereocenters. The SMILES string of the molecule is C=CCN1CCC2CCCC(C1)N2Cc1ccc(C(=O)N(CC)CC)cc1-c1cccc(O)c1. The lowest BCUT2D eigenvalue weighted by molar-refractivity contribution is 0.0770. The molecule has 2 heterocycles. The van der Waals surface area contributed by atoms with E-state index in [2.05, 4.69) is 22.4 Å². The van der Waals surface area contributed by atoms with Crippen LogP contribution in [0.3, 0.4) is 0 Å². The second-order valence-corrected chi connectivity index (χ2v) is 9.65. The fourth-order valence-electron chi connectivity index (χ4n) is 5.73. The second-order valence-electron chi connectivity index (χ2n) is 9.65. The summed E-state index contributed by atoms with van der Waals surface area (Å²) in [7, 11) is 0. The third-order valence-corrected chi connectivity index (χ3v) is 7.57. The molecule has 0 aliphatic carbocycles. The Bertz CT molecular complexity index is 1000. The van der Waals surface area contributed by atoms with Crippen LogP contribution < -0.4 is 0 Å². The number of benzene rings is 2. The zero-order valence-corrected chi connectivity index (χ0v) is 20.7. The number of phenols is 1. The van der Waals surface area contributed by atoms with Crippen LogP contribution in [0, 0.1) is 0 Å². The van der Waals surface area contributed by atoms with Gasteiger partial charge in [-0.25, -0.2) is 0 Å². The van der Waals surface area contributed by atoms with E-state index in [1.54, 1.807) is 12.1 Å². The first-order valence-electron chi connectivity index (χ1n) is 12.8. The van der Waals surface area contributed by atoms with Gasteiger partial charge < -0.3 is 10.0 Å². The fourth-order valence-corrected chi connectivity index (χ4v) is 5.73. The number of phenolic OH excluding ortho intramolecular Hbond substituents is 1. The number of carbonyl (C=O) groups excluding carboxylic acids is 1. The molecule has 0 aromatic heterocycles. The number of amides is 1. The van der Waals surface area contributed by atoms with E-state index < -0.39 is 0 Å². The number of carbonyl (C=O) groups is 1. The van der Waals surface area contributed by atoms with Crippen LogP contribution in [0.2, 0.25) is 0 Å². The lowest BCUT2D eigenvalue weighted by Gasteiger charge is -2.41. The van der Waals surface area contributed by atoms with Crippen LogP contribution in [0.25, 0.3) is 11.1 Å². The van der Waals surface area contributed by atoms with Gasteiger partial charge in [0, 0.05) is 56.9 Å². The van der Waals surface area contributed by atoms with Crippen LogP contribution in [0.4, 0.5) is 0 Å². The van der Waals surface area contributed by atoms with Crippen molar-refractivity contribution in [1.82, 2.24) is 14.7 Å². The molecule has 0 radical (unpaired) electrons. The quantitative estimate of drug-likeness (QED) is 0.552. The molecule has 2 aliphatic heterocycles. The molecule has 1 N–H and O–H groups in total. The zero-order valence-electron chi connectivity index (χ0n) is 20.7. The van der Waals surface area contributed by atoms with E-state index in [1.807, 2.05) is 49.1 Å². The van der Waals surface area contributed by atoms with Gasteiger partial charge in [0.15, 0.2) is 0 Å². The van der Waals surface area contributed by atoms with Crippen molar-refractivity contribution in [2.75, 3.05) is 32.7 Å². The number of hydrogen-bond donors (Lipinski definition) is 1. The van der Waals surface area contributed by atoms with Gasteiger partial charge in [0.05, 0.1) is 0 Å². The number of rotatable bonds is 8. The van der Waals surface area contributed by atoms with E-state index in [-0.39, 0.29) is 11.7 Å². The molecule has 2 aromatic carbocycles. The molecule has 34 heavy (non-hydrogen) atoms. The number of hydrogen-bond acceptors (Lipinski definition) is 4. The van der Waals surface area contributed by atoms with Crippen LogP contribution in [-0.4, -0.2) is 70.5 Å². The van der Waals surface area contributed by atoms with E-state index in [9.17, 15) is 9.90 Å². The Labute approximate surface area is 204 Å². The maximum atomic E-state index is 13.1. The highest BCUT2D eigenvalue weighted by Gasteiger charge is 2.34. The van der Waals surface area contributed by atoms with Crippen molar-refractivity contribution in [3.63, 3.8) is 0 Å². The Kier molecular flexibility index (Phi) is 8.07. The van der Waals surface area contributed by atoms with Crippen LogP contribution in [0.1, 0.15) is 55.5 Å². The van der Waals surface area contributed by atoms with Gasteiger partial charge in [0.2, 0.25) is 0 Å². The smallest absolute Gasteiger partial charge is 0.253 e. The number of aromatic hydroxyl groups is 1. The molecule has 0 spiro atoms. The molecule has 2 aliphatic rings. The van der Waals surface area contributed by atoms with Crippen molar-refractivity contribution < 1.29 is 9.90 Å². The Balaban J connectivity index is 1.69. The predicted octanol–water partition coefficient (Wildman–Crippen LogP) is 5.16. The van der Waals surface area contributed by atoms with E-state index in [0.717, 1.165) is 37.3 Å². The van der Waals surface area contributed by atoms with Gasteiger partial charge in [-0.15, -0.1) is 6.58 Å². The molecule has 2 fully saturated rings. The van der Waals surface area contributed by atoms with Gasteiger partial charge in [0.1, 0.15) is 5.75 Å². The molecule has 182 valence electrons. The molecule has 4 rings (SSSR count). The summed E-state index contributed by atoms with van der Waals surface area (Å²) in [5.74, 6) is 0.306. The summed E-state index contributed by atoms with van der Waals surface area (Å²) in [6, 6.07) is 14.7. The summed E-state index contributed by atoms with van der Waals surface area (Å²) in [6.45, 7) is 13.4. The summed E-state index contributed by atoms with van der Waals surface area (Å²) in [5.41, 5.74) is 3.92. The molecule has 0 saturated carbocycles. The summed E-state index contributed by atoms with van der Waals surface area (Å²) in [5, 5.41) is 10.2. The molecule has 2 saturated heterocycles. The van der Waals surface area contributed by atoms with E-state index >= 15 is 0 Å². The van der Waals surface area contributed by atoms with E-state index in [1.165, 1.54) is 31.2 Å². The van der Waals surface area contributed by atoms with E-state index in [4.69, 9.17) is 0 Å². The lowest BCUT2D eigenvalue weighted by atomic mass is 9.91. The van der Waals surface area contributed by atoms with Crippen LogP contribution in [-0.2, 0) is 6.54 Å². The van der Waals surface area contributed by atoms with Gasteiger partial charge in [-0.05, 0) is 74.1 Å². The van der Waals surface area contributed by atoms with Crippen LogP contribution in [0.15, 0.2) is 55.1 Å². The summed E-state index contributed by atoms with van der Waals surface area (Å²) >= 11 is 0. The standard InChI is InChI=1S/C29H39N3O2/c1-4-16-30-17-15-25-10-8-11-26(21-30)32(25)20-24-14-13-23(29(34)31(5-2)6-3)19-28(24)22-9-7-12-27(33)18-22/h4,7,9,12-14,18-19,25-26,33H,1,5-6,8,10-11,15-17,20-21H2,2-3H3. The Morgan fingerprint density at radius 3 is 2.65 bits per heavy atom. The topological polar surface area (TPSA) is 47.0 Å². The summed E-state index contributed by atoms with van der Waals surface area (Å²) < 4.78 is 0. The third-order valence-electron chi connectivity index (χ3n) is 7.57. The molecular formula is C29H39N3O2. The van der Waals surface area contributed by atoms with Crippen molar-refractivity contribution in [3.8, 4) is 16.9 Å². The highest BCUT2D eigenvalue weighted by molar-refractivity contribution is 5.95. The van der Waals surface area contributed by atoms with Gasteiger partial charge in [-0.2, -0.15) is 0 Å². The fraction of sp³-hybridized carbons (Fsp3) is 0.483. The summed E-state index contributed by atoms with van der Waals surface area (Å²) in [4.78, 5) is 20.2. The minimum atomic E-state index is 0.0599. The number of fused-ring (bicyclic) bond motifs is 2. The first-order valence-corrected chi connectivity index (χ1v) is 12.8. The number of piperidine rings is 1. The number of nitrogens with zero attached hydrogens (tertiary/aromatic N) is 3. The Morgan fingerprint density at radius 1 is 1.12 bits per heavy atom. The largest absolute Gasteiger partial charge is 0.508 e. The first kappa shape index (κ1) is 24.5. The zero-order chi connectivity index (χ0) is 24.1. The normalized spacial score (nSPS) is 21.1. The molecule has 5 heteroatoms. The second kappa shape index (κ2) is 11.2. The van der Waals surface area contributed by atoms with Crippen LogP contribution >= 0.6 is 0 Å². The Hall–Kier alpha value is -2.63. The molecule has 2 bridgehead atoms. The molecule has 5 nitrogen and oxygen atoms in total. The molecular weight excluding hydrogens is 422 g/mol. The Morgan fingerprint density at radius 2 is 1.91 bits per heavy atom. The van der Waals surface area contributed by atoms with Gasteiger partial charge in [-0.3, -0.25) is 14.6 Å².